The molecule has 0 aromatic heterocycles. The molecule has 2 N–H and O–H groups in total. The van der Waals surface area contributed by atoms with Crippen LogP contribution in [0, 0.1) is 0 Å². The van der Waals surface area contributed by atoms with Gasteiger partial charge in [-0.2, -0.15) is 11.8 Å². The lowest BCUT2D eigenvalue weighted by Crippen LogP contribution is -2.41. The Balaban J connectivity index is 2.39. The highest BCUT2D eigenvalue weighted by Crippen LogP contribution is 2.35. The molecule has 0 saturated carbocycles. The van der Waals surface area contributed by atoms with Crippen molar-refractivity contribution < 1.29 is 5.11 Å². The van der Waals surface area contributed by atoms with Crippen LogP contribution in [0.4, 0.5) is 0 Å². The van der Waals surface area contributed by atoms with E-state index in [0.29, 0.717) is 6.54 Å². The molecular weight excluding hydrogens is 194 g/mol. The van der Waals surface area contributed by atoms with Gasteiger partial charge in [-0.3, -0.25) is 0 Å². The normalized spacial score (nSPS) is 25.9. The van der Waals surface area contributed by atoms with Crippen LogP contribution in [0.25, 0.3) is 0 Å². The van der Waals surface area contributed by atoms with E-state index in [1.165, 1.54) is 5.56 Å². The molecule has 1 aliphatic rings. The maximum atomic E-state index is 10.4. The zero-order chi connectivity index (χ0) is 10.0. The van der Waals surface area contributed by atoms with Crippen LogP contribution >= 0.6 is 11.8 Å². The molecule has 3 heteroatoms. The summed E-state index contributed by atoms with van der Waals surface area (Å²) in [7, 11) is 1.87. The molecule has 0 aliphatic carbocycles. The summed E-state index contributed by atoms with van der Waals surface area (Å²) in [6, 6.07) is 8.16. The highest BCUT2D eigenvalue weighted by atomic mass is 32.2. The Labute approximate surface area is 88.7 Å². The van der Waals surface area contributed by atoms with Gasteiger partial charge >= 0.3 is 0 Å². The number of benzene rings is 1. The van der Waals surface area contributed by atoms with Crippen LogP contribution in [0.1, 0.15) is 11.1 Å². The Bertz CT molecular complexity index is 329. The first-order valence-corrected chi connectivity index (χ1v) is 5.95. The van der Waals surface area contributed by atoms with E-state index < -0.39 is 5.60 Å². The molecule has 0 fully saturated rings. The zero-order valence-electron chi connectivity index (χ0n) is 8.29. The molecule has 2 rings (SSSR count). The largest absolute Gasteiger partial charge is 0.383 e. The third-order valence-electron chi connectivity index (χ3n) is 2.59. The van der Waals surface area contributed by atoms with Crippen LogP contribution in [-0.2, 0) is 11.4 Å². The lowest BCUT2D eigenvalue weighted by Gasteiger charge is -2.33. The average Bonchev–Trinajstić information content (AvgIpc) is 2.19. The van der Waals surface area contributed by atoms with Gasteiger partial charge in [0.05, 0.1) is 0 Å². The first-order chi connectivity index (χ1) is 6.76. The first kappa shape index (κ1) is 10.0. The van der Waals surface area contributed by atoms with Crippen LogP contribution in [0.3, 0.4) is 0 Å². The van der Waals surface area contributed by atoms with Crippen molar-refractivity contribution >= 4 is 11.8 Å². The number of rotatable bonds is 2. The summed E-state index contributed by atoms with van der Waals surface area (Å²) < 4.78 is 0. The molecule has 0 radical (unpaired) electrons. The third kappa shape index (κ3) is 1.67. The van der Waals surface area contributed by atoms with Gasteiger partial charge in [-0.15, -0.1) is 0 Å². The van der Waals surface area contributed by atoms with Gasteiger partial charge in [0.25, 0.3) is 0 Å². The monoisotopic (exact) mass is 209 g/mol. The van der Waals surface area contributed by atoms with Crippen molar-refractivity contribution in [1.82, 2.24) is 5.32 Å². The van der Waals surface area contributed by atoms with Gasteiger partial charge in [-0.1, -0.05) is 24.3 Å². The van der Waals surface area contributed by atoms with Crippen LogP contribution in [0.5, 0.6) is 0 Å². The topological polar surface area (TPSA) is 32.3 Å². The van der Waals surface area contributed by atoms with E-state index in [1.54, 1.807) is 11.8 Å². The van der Waals surface area contributed by atoms with Gasteiger partial charge in [0.1, 0.15) is 5.60 Å². The lowest BCUT2D eigenvalue weighted by molar-refractivity contribution is 0.0623. The molecule has 1 aliphatic heterocycles. The number of aliphatic hydroxyl groups is 1. The summed E-state index contributed by atoms with van der Waals surface area (Å²) in [6.07, 6.45) is 0. The standard InChI is InChI=1S/C11H15NOS/c1-12-7-11(13)8-14-6-9-4-2-3-5-10(9)11/h2-5,12-13H,6-8H2,1H3. The van der Waals surface area contributed by atoms with Crippen molar-refractivity contribution in [2.24, 2.45) is 0 Å². The maximum Gasteiger partial charge on any atom is 0.111 e. The minimum atomic E-state index is -0.686. The maximum absolute atomic E-state index is 10.4. The average molecular weight is 209 g/mol. The minimum Gasteiger partial charge on any atom is -0.383 e. The van der Waals surface area contributed by atoms with Crippen molar-refractivity contribution in [3.8, 4) is 0 Å². The summed E-state index contributed by atoms with van der Waals surface area (Å²) in [4.78, 5) is 0. The molecule has 1 unspecified atom stereocenters. The number of hydrogen-bond acceptors (Lipinski definition) is 3. The predicted molar refractivity (Wildman–Crippen MR) is 60.4 cm³/mol. The molecule has 76 valence electrons. The minimum absolute atomic E-state index is 0.622. The summed E-state index contributed by atoms with van der Waals surface area (Å²) in [5, 5.41) is 13.5. The van der Waals surface area contributed by atoms with Crippen LogP contribution in [-0.4, -0.2) is 24.5 Å². The van der Waals surface area contributed by atoms with Crippen LogP contribution in [0.15, 0.2) is 24.3 Å². The molecule has 1 aromatic carbocycles. The van der Waals surface area contributed by atoms with Crippen molar-refractivity contribution in [2.45, 2.75) is 11.4 Å². The van der Waals surface area contributed by atoms with E-state index in [1.807, 2.05) is 25.2 Å². The third-order valence-corrected chi connectivity index (χ3v) is 3.78. The van der Waals surface area contributed by atoms with Gasteiger partial charge in [-0.25, -0.2) is 0 Å². The summed E-state index contributed by atoms with van der Waals surface area (Å²) in [5.41, 5.74) is 1.67. The second-order valence-electron chi connectivity index (χ2n) is 3.71. The smallest absolute Gasteiger partial charge is 0.111 e. The first-order valence-electron chi connectivity index (χ1n) is 4.79. The fourth-order valence-electron chi connectivity index (χ4n) is 1.95. The van der Waals surface area contributed by atoms with Gasteiger partial charge in [0.2, 0.25) is 0 Å². The Morgan fingerprint density at radius 1 is 1.50 bits per heavy atom. The van der Waals surface area contributed by atoms with Gasteiger partial charge in [0.15, 0.2) is 0 Å². The van der Waals surface area contributed by atoms with Crippen molar-refractivity contribution in [2.75, 3.05) is 19.3 Å². The highest BCUT2D eigenvalue weighted by molar-refractivity contribution is 7.98. The van der Waals surface area contributed by atoms with Crippen LogP contribution < -0.4 is 5.32 Å². The molecular formula is C11H15NOS. The number of likely N-dealkylation sites (N-methyl/N-ethyl adjacent to an activating group) is 1. The predicted octanol–water partition coefficient (Wildman–Crippen LogP) is 1.34. The van der Waals surface area contributed by atoms with Gasteiger partial charge < -0.3 is 10.4 Å². The van der Waals surface area contributed by atoms with Gasteiger partial charge in [-0.05, 0) is 18.2 Å². The molecule has 14 heavy (non-hydrogen) atoms. The van der Waals surface area contributed by atoms with E-state index in [9.17, 15) is 5.11 Å². The fraction of sp³-hybridized carbons (Fsp3) is 0.455. The van der Waals surface area contributed by atoms with Crippen LogP contribution in [0.2, 0.25) is 0 Å². The Hall–Kier alpha value is -0.510. The molecule has 0 spiro atoms. The molecule has 1 aromatic rings. The summed E-state index contributed by atoms with van der Waals surface area (Å²) in [6.45, 7) is 0.622. The molecule has 1 heterocycles. The van der Waals surface area contributed by atoms with E-state index in [4.69, 9.17) is 0 Å². The number of fused-ring (bicyclic) bond motifs is 1. The zero-order valence-corrected chi connectivity index (χ0v) is 9.10. The lowest BCUT2D eigenvalue weighted by atomic mass is 9.91. The van der Waals surface area contributed by atoms with Crippen molar-refractivity contribution in [3.63, 3.8) is 0 Å². The van der Waals surface area contributed by atoms with E-state index in [2.05, 4.69) is 11.4 Å². The van der Waals surface area contributed by atoms with E-state index >= 15 is 0 Å². The Morgan fingerprint density at radius 2 is 2.29 bits per heavy atom. The summed E-state index contributed by atoms with van der Waals surface area (Å²) >= 11 is 1.79. The Kier molecular flexibility index (Phi) is 2.81. The van der Waals surface area contributed by atoms with E-state index in [-0.39, 0.29) is 0 Å². The Morgan fingerprint density at radius 3 is 3.07 bits per heavy atom. The SMILES string of the molecule is CNCC1(O)CSCc2ccccc21. The highest BCUT2D eigenvalue weighted by Gasteiger charge is 2.33. The molecule has 0 saturated heterocycles. The van der Waals surface area contributed by atoms with Crippen molar-refractivity contribution in [1.29, 1.82) is 0 Å². The number of thioether (sulfide) groups is 1. The summed E-state index contributed by atoms with van der Waals surface area (Å²) in [5.74, 6) is 1.80. The number of hydrogen-bond donors (Lipinski definition) is 2. The quantitative estimate of drug-likeness (QED) is 0.771. The molecule has 2 nitrogen and oxygen atoms in total. The molecule has 0 bridgehead atoms. The van der Waals surface area contributed by atoms with E-state index in [0.717, 1.165) is 17.1 Å². The fourth-order valence-corrected chi connectivity index (χ4v) is 3.12. The second kappa shape index (κ2) is 3.93. The van der Waals surface area contributed by atoms with Crippen molar-refractivity contribution in [3.05, 3.63) is 35.4 Å². The molecule has 0 amide bonds. The number of nitrogens with one attached hydrogen (secondary N) is 1. The second-order valence-corrected chi connectivity index (χ2v) is 4.70. The molecule has 1 atom stereocenters. The van der Waals surface area contributed by atoms with Gasteiger partial charge in [0, 0.05) is 18.1 Å².